The van der Waals surface area contributed by atoms with Crippen molar-refractivity contribution < 1.29 is 14.3 Å². The third-order valence-electron chi connectivity index (χ3n) is 3.85. The van der Waals surface area contributed by atoms with Crippen molar-refractivity contribution in [3.05, 3.63) is 53.1 Å². The number of hydrogen-bond donors (Lipinski definition) is 2. The first-order chi connectivity index (χ1) is 10.1. The van der Waals surface area contributed by atoms with Crippen molar-refractivity contribution in [1.82, 2.24) is 15.1 Å². The maximum Gasteiger partial charge on any atom is 0.257 e. The second-order valence-corrected chi connectivity index (χ2v) is 5.32. The molecule has 3 rings (SSSR count). The van der Waals surface area contributed by atoms with E-state index < -0.39 is 6.10 Å². The van der Waals surface area contributed by atoms with Gasteiger partial charge in [-0.25, -0.2) is 4.39 Å². The number of hydrogen-bond acceptors (Lipinski definition) is 3. The number of nitrogens with one attached hydrogen (secondary N) is 1. The topological polar surface area (TPSA) is 69.2 Å². The van der Waals surface area contributed by atoms with Crippen molar-refractivity contribution in [2.24, 2.45) is 0 Å². The predicted octanol–water partition coefficient (Wildman–Crippen LogP) is 1.81. The van der Waals surface area contributed by atoms with Gasteiger partial charge in [-0.3, -0.25) is 9.89 Å². The number of aromatic amines is 1. The van der Waals surface area contributed by atoms with Crippen LogP contribution < -0.4 is 0 Å². The van der Waals surface area contributed by atoms with E-state index in [-0.39, 0.29) is 24.3 Å². The van der Waals surface area contributed by atoms with Gasteiger partial charge >= 0.3 is 0 Å². The van der Waals surface area contributed by atoms with Gasteiger partial charge in [0.25, 0.3) is 5.91 Å². The highest BCUT2D eigenvalue weighted by molar-refractivity contribution is 5.95. The second kappa shape index (κ2) is 5.29. The fourth-order valence-corrected chi connectivity index (χ4v) is 2.76. The first-order valence-electron chi connectivity index (χ1n) is 6.80. The number of nitrogens with zero attached hydrogens (tertiary/aromatic N) is 2. The summed E-state index contributed by atoms with van der Waals surface area (Å²) in [5.74, 6) is -0.493. The van der Waals surface area contributed by atoms with Crippen LogP contribution in [-0.2, 0) is 0 Å². The normalized spacial score (nSPS) is 21.8. The molecule has 0 spiro atoms. The Morgan fingerprint density at radius 1 is 1.43 bits per heavy atom. The Hall–Kier alpha value is -2.21. The zero-order chi connectivity index (χ0) is 15.0. The summed E-state index contributed by atoms with van der Waals surface area (Å²) < 4.78 is 13.0. The number of carbonyl (C=O) groups is 1. The lowest BCUT2D eigenvalue weighted by molar-refractivity contribution is 0.0715. The molecule has 1 fully saturated rings. The van der Waals surface area contributed by atoms with Crippen LogP contribution in [0.4, 0.5) is 4.39 Å². The fraction of sp³-hybridized carbons (Fsp3) is 0.333. The maximum absolute atomic E-state index is 13.0. The van der Waals surface area contributed by atoms with Gasteiger partial charge < -0.3 is 10.0 Å². The van der Waals surface area contributed by atoms with E-state index in [0.717, 1.165) is 5.56 Å². The van der Waals surface area contributed by atoms with Crippen molar-refractivity contribution in [3.8, 4) is 0 Å². The molecule has 0 radical (unpaired) electrons. The summed E-state index contributed by atoms with van der Waals surface area (Å²) in [6, 6.07) is 5.79. The standard InChI is InChI=1S/C15H16FN3O2/c1-9-13(7-17-18-9)15(21)19-8-12(20)6-14(19)10-2-4-11(16)5-3-10/h2-5,7,12,14,20H,6,8H2,1H3,(H,17,18)/t12-,14+/m0/s1. The van der Waals surface area contributed by atoms with Gasteiger partial charge in [-0.1, -0.05) is 12.1 Å². The van der Waals surface area contributed by atoms with E-state index in [0.29, 0.717) is 17.7 Å². The summed E-state index contributed by atoms with van der Waals surface area (Å²) in [7, 11) is 0. The van der Waals surface area contributed by atoms with Crippen molar-refractivity contribution in [3.63, 3.8) is 0 Å². The van der Waals surface area contributed by atoms with Crippen LogP contribution in [-0.4, -0.2) is 38.8 Å². The number of benzene rings is 1. The Kier molecular flexibility index (Phi) is 3.47. The molecule has 2 aromatic rings. The van der Waals surface area contributed by atoms with Gasteiger partial charge in [0.15, 0.2) is 0 Å². The molecule has 6 heteroatoms. The van der Waals surface area contributed by atoms with Crippen molar-refractivity contribution >= 4 is 5.91 Å². The molecule has 1 aliphatic heterocycles. The van der Waals surface area contributed by atoms with Gasteiger partial charge in [-0.05, 0) is 31.0 Å². The zero-order valence-electron chi connectivity index (χ0n) is 11.6. The van der Waals surface area contributed by atoms with Crippen LogP contribution in [0.2, 0.25) is 0 Å². The first-order valence-corrected chi connectivity index (χ1v) is 6.80. The zero-order valence-corrected chi connectivity index (χ0v) is 11.6. The van der Waals surface area contributed by atoms with E-state index in [1.54, 1.807) is 24.0 Å². The number of likely N-dealkylation sites (tertiary alicyclic amines) is 1. The number of aromatic nitrogens is 2. The van der Waals surface area contributed by atoms with Crippen LogP contribution in [0.25, 0.3) is 0 Å². The molecule has 1 aromatic heterocycles. The average Bonchev–Trinajstić information content (AvgIpc) is 3.05. The SMILES string of the molecule is Cc1[nH]ncc1C(=O)N1C[C@@H](O)C[C@@H]1c1ccc(F)cc1. The monoisotopic (exact) mass is 289 g/mol. The number of aliphatic hydroxyl groups is 1. The largest absolute Gasteiger partial charge is 0.391 e. The minimum Gasteiger partial charge on any atom is -0.391 e. The minimum absolute atomic E-state index is 0.174. The van der Waals surface area contributed by atoms with Crippen LogP contribution >= 0.6 is 0 Å². The van der Waals surface area contributed by atoms with Crippen LogP contribution in [0, 0.1) is 12.7 Å². The van der Waals surface area contributed by atoms with Gasteiger partial charge in [-0.15, -0.1) is 0 Å². The van der Waals surface area contributed by atoms with Gasteiger partial charge in [-0.2, -0.15) is 5.10 Å². The molecule has 2 N–H and O–H groups in total. The molecule has 0 bridgehead atoms. The molecule has 21 heavy (non-hydrogen) atoms. The highest BCUT2D eigenvalue weighted by Gasteiger charge is 2.36. The highest BCUT2D eigenvalue weighted by atomic mass is 19.1. The molecule has 2 heterocycles. The molecule has 1 aliphatic rings. The summed E-state index contributed by atoms with van der Waals surface area (Å²) >= 11 is 0. The summed E-state index contributed by atoms with van der Waals surface area (Å²) in [5.41, 5.74) is 2.01. The molecule has 0 unspecified atom stereocenters. The fourth-order valence-electron chi connectivity index (χ4n) is 2.76. The average molecular weight is 289 g/mol. The van der Waals surface area contributed by atoms with Crippen LogP contribution in [0.15, 0.2) is 30.5 Å². The lowest BCUT2D eigenvalue weighted by Crippen LogP contribution is -2.32. The Balaban J connectivity index is 1.91. The lowest BCUT2D eigenvalue weighted by atomic mass is 10.0. The molecule has 1 amide bonds. The van der Waals surface area contributed by atoms with E-state index >= 15 is 0 Å². The number of amides is 1. The third kappa shape index (κ3) is 2.54. The van der Waals surface area contributed by atoms with Crippen LogP contribution in [0.5, 0.6) is 0 Å². The Labute approximate surface area is 121 Å². The molecule has 1 aromatic carbocycles. The number of halogens is 1. The Morgan fingerprint density at radius 2 is 2.14 bits per heavy atom. The quantitative estimate of drug-likeness (QED) is 0.886. The maximum atomic E-state index is 13.0. The number of H-pyrrole nitrogens is 1. The molecule has 5 nitrogen and oxygen atoms in total. The smallest absolute Gasteiger partial charge is 0.257 e. The number of aryl methyl sites for hydroxylation is 1. The van der Waals surface area contributed by atoms with Gasteiger partial charge in [0.05, 0.1) is 23.9 Å². The van der Waals surface area contributed by atoms with E-state index in [1.165, 1.54) is 18.3 Å². The van der Waals surface area contributed by atoms with Gasteiger partial charge in [0, 0.05) is 12.2 Å². The lowest BCUT2D eigenvalue weighted by Gasteiger charge is -2.24. The third-order valence-corrected chi connectivity index (χ3v) is 3.85. The van der Waals surface area contributed by atoms with Gasteiger partial charge in [0.2, 0.25) is 0 Å². The van der Waals surface area contributed by atoms with Crippen molar-refractivity contribution in [1.29, 1.82) is 0 Å². The van der Waals surface area contributed by atoms with E-state index in [9.17, 15) is 14.3 Å². The Bertz CT molecular complexity index is 653. The van der Waals surface area contributed by atoms with E-state index in [1.807, 2.05) is 0 Å². The van der Waals surface area contributed by atoms with Crippen LogP contribution in [0.1, 0.15) is 34.1 Å². The van der Waals surface area contributed by atoms with Gasteiger partial charge in [0.1, 0.15) is 5.82 Å². The van der Waals surface area contributed by atoms with E-state index in [2.05, 4.69) is 10.2 Å². The number of carbonyl (C=O) groups excluding carboxylic acids is 1. The summed E-state index contributed by atoms with van der Waals surface area (Å²) in [5, 5.41) is 16.5. The van der Waals surface area contributed by atoms with E-state index in [4.69, 9.17) is 0 Å². The molecular weight excluding hydrogens is 273 g/mol. The highest BCUT2D eigenvalue weighted by Crippen LogP contribution is 2.33. The van der Waals surface area contributed by atoms with Crippen molar-refractivity contribution in [2.75, 3.05) is 6.54 Å². The molecule has 0 aliphatic carbocycles. The molecular formula is C15H16FN3O2. The first kappa shape index (κ1) is 13.8. The molecule has 0 saturated carbocycles. The molecule has 1 saturated heterocycles. The summed E-state index contributed by atoms with van der Waals surface area (Å²) in [6.45, 7) is 2.05. The number of rotatable bonds is 2. The molecule has 110 valence electrons. The Morgan fingerprint density at radius 3 is 2.76 bits per heavy atom. The number of aliphatic hydroxyl groups excluding tert-OH is 1. The van der Waals surface area contributed by atoms with Crippen molar-refractivity contribution in [2.45, 2.75) is 25.5 Å². The number of β-amino-alcohol motifs (C(OH)–C–C–N with tert-alkyl or cyclic N) is 1. The van der Waals surface area contributed by atoms with Crippen LogP contribution in [0.3, 0.4) is 0 Å². The summed E-state index contributed by atoms with van der Waals surface area (Å²) in [4.78, 5) is 14.2. The predicted molar refractivity (Wildman–Crippen MR) is 74.1 cm³/mol. The molecule has 2 atom stereocenters. The summed E-state index contributed by atoms with van der Waals surface area (Å²) in [6.07, 6.45) is 1.37. The minimum atomic E-state index is -0.573. The second-order valence-electron chi connectivity index (χ2n) is 5.32.